The lowest BCUT2D eigenvalue weighted by Crippen LogP contribution is -2.11. The molecule has 0 bridgehead atoms. The van der Waals surface area contributed by atoms with E-state index in [9.17, 15) is 0 Å². The maximum atomic E-state index is 2.42. The summed E-state index contributed by atoms with van der Waals surface area (Å²) in [5.74, 6) is 0. The Morgan fingerprint density at radius 1 is 0.298 bits per heavy atom. The van der Waals surface area contributed by atoms with Crippen molar-refractivity contribution < 1.29 is 0 Å². The van der Waals surface area contributed by atoms with Crippen LogP contribution in [0.1, 0.15) is 0 Å². The maximum absolute atomic E-state index is 2.42. The van der Waals surface area contributed by atoms with Crippen molar-refractivity contribution >= 4 is 48.9 Å². The Hall–Kier alpha value is -7.07. The Labute approximate surface area is 335 Å². The first-order valence-electron chi connectivity index (χ1n) is 19.4. The van der Waals surface area contributed by atoms with Crippen molar-refractivity contribution in [1.82, 2.24) is 4.57 Å². The zero-order chi connectivity index (χ0) is 38.0. The molecule has 1 heterocycles. The first-order valence-corrected chi connectivity index (χ1v) is 21.1. The molecule has 0 aliphatic rings. The molecular formula is C54H40N2S. The topological polar surface area (TPSA) is 8.17 Å². The van der Waals surface area contributed by atoms with Crippen LogP contribution >= 0.6 is 10.0 Å². The van der Waals surface area contributed by atoms with Gasteiger partial charge in [0.05, 0.1) is 11.0 Å². The first-order chi connectivity index (χ1) is 28.3. The number of rotatable bonds is 9. The fourth-order valence-corrected chi connectivity index (χ4v) is 12.2. The van der Waals surface area contributed by atoms with E-state index in [2.05, 4.69) is 252 Å². The van der Waals surface area contributed by atoms with Gasteiger partial charge >= 0.3 is 0 Å². The van der Waals surface area contributed by atoms with Crippen LogP contribution in [0, 0.1) is 0 Å². The molecule has 0 radical (unpaired) electrons. The van der Waals surface area contributed by atoms with Gasteiger partial charge in [0, 0.05) is 53.1 Å². The van der Waals surface area contributed by atoms with E-state index >= 15 is 0 Å². The van der Waals surface area contributed by atoms with Gasteiger partial charge in [0.15, 0.2) is 0 Å². The summed E-state index contributed by atoms with van der Waals surface area (Å²) in [4.78, 5) is 7.58. The zero-order valence-corrected chi connectivity index (χ0v) is 32.2. The Balaban J connectivity index is 1.16. The minimum Gasteiger partial charge on any atom is -0.310 e. The Bertz CT molecular complexity index is 2770. The summed E-state index contributed by atoms with van der Waals surface area (Å²) in [6.07, 6.45) is 0. The van der Waals surface area contributed by atoms with E-state index in [1.165, 1.54) is 52.5 Å². The number of para-hydroxylation sites is 2. The molecular weight excluding hydrogens is 709 g/mol. The quantitative estimate of drug-likeness (QED) is 0.143. The first kappa shape index (κ1) is 34.4. The molecule has 10 rings (SSSR count). The highest BCUT2D eigenvalue weighted by atomic mass is 32.3. The van der Waals surface area contributed by atoms with Crippen molar-refractivity contribution in [2.24, 2.45) is 0 Å². The van der Waals surface area contributed by atoms with E-state index in [-0.39, 0.29) is 0 Å². The average Bonchev–Trinajstić information content (AvgIpc) is 3.63. The van der Waals surface area contributed by atoms with Gasteiger partial charge in [-0.25, -0.2) is 0 Å². The smallest absolute Gasteiger partial charge is 0.0541 e. The minimum atomic E-state index is -1.88. The highest BCUT2D eigenvalue weighted by Crippen LogP contribution is 2.73. The number of nitrogens with zero attached hydrogens (tertiary/aromatic N) is 2. The monoisotopic (exact) mass is 748 g/mol. The summed E-state index contributed by atoms with van der Waals surface area (Å²) in [7, 11) is -1.88. The number of hydrogen-bond donors (Lipinski definition) is 0. The average molecular weight is 749 g/mol. The van der Waals surface area contributed by atoms with Crippen molar-refractivity contribution in [1.29, 1.82) is 0 Å². The molecule has 0 aliphatic carbocycles. The molecule has 272 valence electrons. The summed E-state index contributed by atoms with van der Waals surface area (Å²) in [6, 6.07) is 88.4. The van der Waals surface area contributed by atoms with Crippen LogP contribution in [0.5, 0.6) is 0 Å². The molecule has 0 unspecified atom stereocenters. The second-order valence-corrected chi connectivity index (χ2v) is 17.3. The molecule has 57 heavy (non-hydrogen) atoms. The zero-order valence-electron chi connectivity index (χ0n) is 31.4. The van der Waals surface area contributed by atoms with E-state index < -0.39 is 10.0 Å². The van der Waals surface area contributed by atoms with Crippen molar-refractivity contribution in [2.75, 3.05) is 4.90 Å². The molecule has 3 heteroatoms. The van der Waals surface area contributed by atoms with Crippen LogP contribution in [0.15, 0.2) is 262 Å². The van der Waals surface area contributed by atoms with E-state index in [0.717, 1.165) is 22.7 Å². The molecule has 0 amide bonds. The van der Waals surface area contributed by atoms with Crippen LogP contribution in [-0.4, -0.2) is 4.57 Å². The fraction of sp³-hybridized carbons (Fsp3) is 0. The lowest BCUT2D eigenvalue weighted by Gasteiger charge is -2.42. The van der Waals surface area contributed by atoms with Crippen molar-refractivity contribution in [2.45, 2.75) is 19.6 Å². The predicted octanol–water partition coefficient (Wildman–Crippen LogP) is 15.3. The SMILES string of the molecule is c1ccc(-c2ccc(N(c3ccc(-n4c5ccccc5c5ccccc54)cc3)c3cccc(S(c4ccccc4)(c4ccccc4)c4ccccc4)c3)cc2)cc1. The molecule has 0 saturated heterocycles. The highest BCUT2D eigenvalue weighted by molar-refractivity contribution is 8.34. The minimum absolute atomic E-state index is 1.09. The second kappa shape index (κ2) is 14.9. The van der Waals surface area contributed by atoms with Gasteiger partial charge < -0.3 is 9.47 Å². The summed E-state index contributed by atoms with van der Waals surface area (Å²) >= 11 is 0. The summed E-state index contributed by atoms with van der Waals surface area (Å²) in [5, 5.41) is 2.52. The highest BCUT2D eigenvalue weighted by Gasteiger charge is 2.33. The lowest BCUT2D eigenvalue weighted by atomic mass is 10.0. The summed E-state index contributed by atoms with van der Waals surface area (Å²) in [5.41, 5.74) is 9.21. The van der Waals surface area contributed by atoms with Crippen molar-refractivity contribution in [3.63, 3.8) is 0 Å². The molecule has 9 aromatic carbocycles. The normalized spacial score (nSPS) is 11.8. The molecule has 0 aliphatic heterocycles. The Morgan fingerprint density at radius 2 is 0.702 bits per heavy atom. The van der Waals surface area contributed by atoms with Crippen LogP contribution in [-0.2, 0) is 0 Å². The summed E-state index contributed by atoms with van der Waals surface area (Å²) in [6.45, 7) is 0. The number of benzene rings is 9. The standard InChI is InChI=1S/C54H40N2S/c1-5-18-41(19-6-1)42-32-34-43(35-33-42)55(44-36-38-45(39-37-44)56-53-30-15-13-28-51(53)52-29-14-16-31-54(52)56)46-20-17-27-50(40-46)57(47-21-7-2-8-22-47,48-23-9-3-10-24-48)49-25-11-4-12-26-49/h1-40H. The third-order valence-electron chi connectivity index (χ3n) is 10.9. The predicted molar refractivity (Wildman–Crippen MR) is 241 cm³/mol. The molecule has 10 aromatic rings. The third-order valence-corrected chi connectivity index (χ3v) is 14.8. The molecule has 0 atom stereocenters. The molecule has 0 saturated carbocycles. The van der Waals surface area contributed by atoms with Gasteiger partial charge in [0.1, 0.15) is 0 Å². The van der Waals surface area contributed by atoms with Crippen LogP contribution in [0.4, 0.5) is 17.1 Å². The number of fused-ring (bicyclic) bond motifs is 3. The van der Waals surface area contributed by atoms with E-state index in [0.29, 0.717) is 0 Å². The van der Waals surface area contributed by atoms with E-state index in [1.54, 1.807) is 0 Å². The van der Waals surface area contributed by atoms with Gasteiger partial charge in [-0.1, -0.05) is 140 Å². The van der Waals surface area contributed by atoms with E-state index in [4.69, 9.17) is 0 Å². The van der Waals surface area contributed by atoms with E-state index in [1.807, 2.05) is 0 Å². The van der Waals surface area contributed by atoms with Gasteiger partial charge in [0.25, 0.3) is 0 Å². The molecule has 0 spiro atoms. The molecule has 0 fully saturated rings. The molecule has 0 N–H and O–H groups in total. The Kier molecular flexibility index (Phi) is 8.98. The summed E-state index contributed by atoms with van der Waals surface area (Å²) < 4.78 is 2.38. The van der Waals surface area contributed by atoms with Crippen molar-refractivity contribution in [3.05, 3.63) is 243 Å². The van der Waals surface area contributed by atoms with Gasteiger partial charge in [-0.15, -0.1) is 10.0 Å². The van der Waals surface area contributed by atoms with Gasteiger partial charge in [-0.05, 0) is 114 Å². The molecule has 2 nitrogen and oxygen atoms in total. The molecule has 1 aromatic heterocycles. The van der Waals surface area contributed by atoms with Crippen LogP contribution in [0.2, 0.25) is 0 Å². The second-order valence-electron chi connectivity index (χ2n) is 14.2. The van der Waals surface area contributed by atoms with Gasteiger partial charge in [0.2, 0.25) is 0 Å². The number of aromatic nitrogens is 1. The van der Waals surface area contributed by atoms with Crippen LogP contribution in [0.3, 0.4) is 0 Å². The lowest BCUT2D eigenvalue weighted by molar-refractivity contribution is 1.17. The van der Waals surface area contributed by atoms with Crippen LogP contribution in [0.25, 0.3) is 38.6 Å². The third kappa shape index (κ3) is 6.10. The van der Waals surface area contributed by atoms with Gasteiger partial charge in [-0.3, -0.25) is 0 Å². The Morgan fingerprint density at radius 3 is 1.21 bits per heavy atom. The number of hydrogen-bond acceptors (Lipinski definition) is 1. The maximum Gasteiger partial charge on any atom is 0.0541 e. The largest absolute Gasteiger partial charge is 0.310 e. The van der Waals surface area contributed by atoms with Crippen molar-refractivity contribution in [3.8, 4) is 16.8 Å². The van der Waals surface area contributed by atoms with Gasteiger partial charge in [-0.2, -0.15) is 0 Å². The fourth-order valence-electron chi connectivity index (χ4n) is 8.34. The van der Waals surface area contributed by atoms with Crippen LogP contribution < -0.4 is 4.90 Å². The number of anilines is 3.